The van der Waals surface area contributed by atoms with E-state index in [4.69, 9.17) is 12.2 Å². The van der Waals surface area contributed by atoms with Crippen molar-refractivity contribution >= 4 is 33.0 Å². The van der Waals surface area contributed by atoms with E-state index < -0.39 is 27.2 Å². The molecule has 0 radical (unpaired) electrons. The molecule has 1 amide bonds. The zero-order chi connectivity index (χ0) is 19.2. The lowest BCUT2D eigenvalue weighted by Gasteiger charge is -2.28. The maximum atomic E-state index is 12.6. The predicted octanol–water partition coefficient (Wildman–Crippen LogP) is 0.808. The maximum absolute atomic E-state index is 12.6. The van der Waals surface area contributed by atoms with Gasteiger partial charge in [-0.3, -0.25) is 10.2 Å². The topological polar surface area (TPSA) is 90.5 Å². The van der Waals surface area contributed by atoms with E-state index in [0.29, 0.717) is 0 Å². The fourth-order valence-corrected chi connectivity index (χ4v) is 3.66. The molecule has 1 rings (SSSR count). The normalized spacial score (nSPS) is 13.6. The fourth-order valence-electron chi connectivity index (χ4n) is 1.81. The average molecular weight is 385 g/mol. The van der Waals surface area contributed by atoms with E-state index in [1.54, 1.807) is 39.2 Å². The van der Waals surface area contributed by atoms with Gasteiger partial charge in [0.2, 0.25) is 0 Å². The summed E-state index contributed by atoms with van der Waals surface area (Å²) >= 11 is 5.25. The highest BCUT2D eigenvalue weighted by Crippen LogP contribution is 2.16. The van der Waals surface area contributed by atoms with Crippen LogP contribution in [-0.2, 0) is 14.6 Å². The SMILES string of the molecule is C=C(NC)C(=O)NN(C)C(C)NC(=S)C(C)S(=O)(=O)c1ccccc1. The Labute approximate surface area is 154 Å². The fraction of sp³-hybridized carbons (Fsp3) is 0.375. The third-order valence-corrected chi connectivity index (χ3v) is 6.41. The zero-order valence-electron chi connectivity index (χ0n) is 14.7. The van der Waals surface area contributed by atoms with Crippen molar-refractivity contribution in [3.63, 3.8) is 0 Å². The van der Waals surface area contributed by atoms with Crippen LogP contribution in [0.1, 0.15) is 13.8 Å². The molecule has 0 aliphatic carbocycles. The van der Waals surface area contributed by atoms with Crippen LogP contribution in [0.2, 0.25) is 0 Å². The molecule has 7 nitrogen and oxygen atoms in total. The first-order valence-electron chi connectivity index (χ1n) is 7.61. The van der Waals surface area contributed by atoms with E-state index >= 15 is 0 Å². The lowest BCUT2D eigenvalue weighted by atomic mass is 10.4. The minimum Gasteiger partial charge on any atom is -0.384 e. The van der Waals surface area contributed by atoms with Gasteiger partial charge in [-0.1, -0.05) is 37.0 Å². The molecule has 0 bridgehead atoms. The van der Waals surface area contributed by atoms with Gasteiger partial charge in [0.25, 0.3) is 5.91 Å². The Balaban J connectivity index is 2.74. The number of likely N-dealkylation sites (N-methyl/N-ethyl adjacent to an activating group) is 1. The summed E-state index contributed by atoms with van der Waals surface area (Å²) in [7, 11) is -0.355. The molecule has 2 atom stereocenters. The van der Waals surface area contributed by atoms with Crippen molar-refractivity contribution < 1.29 is 13.2 Å². The van der Waals surface area contributed by atoms with Gasteiger partial charge in [-0.15, -0.1) is 0 Å². The largest absolute Gasteiger partial charge is 0.384 e. The number of hydrazine groups is 1. The molecule has 0 saturated heterocycles. The van der Waals surface area contributed by atoms with Gasteiger partial charge in [0, 0.05) is 14.1 Å². The number of carbonyl (C=O) groups is 1. The van der Waals surface area contributed by atoms with Crippen LogP contribution in [-0.4, -0.2) is 49.8 Å². The molecule has 0 spiro atoms. The summed E-state index contributed by atoms with van der Waals surface area (Å²) in [5.74, 6) is -0.394. The van der Waals surface area contributed by atoms with Crippen molar-refractivity contribution in [2.45, 2.75) is 30.2 Å². The van der Waals surface area contributed by atoms with E-state index in [0.717, 1.165) is 0 Å². The van der Waals surface area contributed by atoms with Gasteiger partial charge >= 0.3 is 0 Å². The van der Waals surface area contributed by atoms with E-state index in [1.165, 1.54) is 24.1 Å². The van der Waals surface area contributed by atoms with Gasteiger partial charge in [0.05, 0.1) is 21.7 Å². The Hall–Kier alpha value is -1.97. The van der Waals surface area contributed by atoms with Gasteiger partial charge in [0.15, 0.2) is 9.84 Å². The second kappa shape index (κ2) is 8.93. The number of amides is 1. The molecular formula is C16H24N4O3S2. The number of carbonyl (C=O) groups excluding carboxylic acids is 1. The number of benzene rings is 1. The zero-order valence-corrected chi connectivity index (χ0v) is 16.4. The highest BCUT2D eigenvalue weighted by molar-refractivity contribution is 7.94. The third kappa shape index (κ3) is 5.52. The minimum absolute atomic E-state index is 0.171. The highest BCUT2D eigenvalue weighted by atomic mass is 32.2. The molecule has 2 unspecified atom stereocenters. The molecule has 0 aliphatic rings. The molecule has 0 aliphatic heterocycles. The van der Waals surface area contributed by atoms with Gasteiger partial charge in [0.1, 0.15) is 5.25 Å². The molecule has 0 heterocycles. The summed E-state index contributed by atoms with van der Waals surface area (Å²) in [4.78, 5) is 12.2. The van der Waals surface area contributed by atoms with E-state index in [2.05, 4.69) is 22.6 Å². The lowest BCUT2D eigenvalue weighted by molar-refractivity contribution is -0.122. The monoisotopic (exact) mass is 384 g/mol. The first-order valence-corrected chi connectivity index (χ1v) is 9.56. The van der Waals surface area contributed by atoms with E-state index in [-0.39, 0.29) is 15.6 Å². The van der Waals surface area contributed by atoms with Gasteiger partial charge in [-0.05, 0) is 26.0 Å². The maximum Gasteiger partial charge on any atom is 0.281 e. The smallest absolute Gasteiger partial charge is 0.281 e. The minimum atomic E-state index is -3.58. The van der Waals surface area contributed by atoms with Crippen LogP contribution in [0.5, 0.6) is 0 Å². The van der Waals surface area contributed by atoms with Gasteiger partial charge < -0.3 is 10.6 Å². The van der Waals surface area contributed by atoms with Crippen LogP contribution in [0.4, 0.5) is 0 Å². The molecule has 0 saturated carbocycles. The molecule has 1 aromatic rings. The molecule has 138 valence electrons. The average Bonchev–Trinajstić information content (AvgIpc) is 2.60. The Bertz CT molecular complexity index is 735. The first-order chi connectivity index (χ1) is 11.6. The number of hydrogen-bond donors (Lipinski definition) is 3. The number of hydrogen-bond acceptors (Lipinski definition) is 6. The predicted molar refractivity (Wildman–Crippen MR) is 102 cm³/mol. The molecule has 9 heteroatoms. The van der Waals surface area contributed by atoms with Crippen LogP contribution in [0.15, 0.2) is 47.5 Å². The molecule has 1 aromatic carbocycles. The number of rotatable bonds is 8. The molecule has 3 N–H and O–H groups in total. The Morgan fingerprint density at radius 1 is 1.24 bits per heavy atom. The van der Waals surface area contributed by atoms with Crippen LogP contribution >= 0.6 is 12.2 Å². The van der Waals surface area contributed by atoms with Gasteiger partial charge in [-0.25, -0.2) is 13.4 Å². The summed E-state index contributed by atoms with van der Waals surface area (Å²) in [6.45, 7) is 6.85. The third-order valence-electron chi connectivity index (χ3n) is 3.69. The van der Waals surface area contributed by atoms with Crippen molar-refractivity contribution in [2.75, 3.05) is 14.1 Å². The number of sulfone groups is 1. The van der Waals surface area contributed by atoms with Crippen LogP contribution < -0.4 is 16.1 Å². The van der Waals surface area contributed by atoms with Crippen molar-refractivity contribution in [2.24, 2.45) is 0 Å². The number of thiocarbonyl (C=S) groups is 1. The molecule has 25 heavy (non-hydrogen) atoms. The second-order valence-corrected chi connectivity index (χ2v) is 8.17. The van der Waals surface area contributed by atoms with Crippen molar-refractivity contribution in [1.29, 1.82) is 0 Å². The summed E-state index contributed by atoms with van der Waals surface area (Å²) in [6, 6.07) is 8.15. The van der Waals surface area contributed by atoms with Crippen LogP contribution in [0.25, 0.3) is 0 Å². The molecular weight excluding hydrogens is 360 g/mol. The number of nitrogens with zero attached hydrogens (tertiary/aromatic N) is 1. The first kappa shape index (κ1) is 21.1. The van der Waals surface area contributed by atoms with Gasteiger partial charge in [-0.2, -0.15) is 0 Å². The van der Waals surface area contributed by atoms with Crippen molar-refractivity contribution in [1.82, 2.24) is 21.1 Å². The van der Waals surface area contributed by atoms with Crippen LogP contribution in [0.3, 0.4) is 0 Å². The Morgan fingerprint density at radius 3 is 2.32 bits per heavy atom. The summed E-state index contributed by atoms with van der Waals surface area (Å²) < 4.78 is 25.2. The molecule has 0 fully saturated rings. The van der Waals surface area contributed by atoms with E-state index in [9.17, 15) is 13.2 Å². The van der Waals surface area contributed by atoms with E-state index in [1.807, 2.05) is 0 Å². The highest BCUT2D eigenvalue weighted by Gasteiger charge is 2.28. The van der Waals surface area contributed by atoms with Crippen molar-refractivity contribution in [3.8, 4) is 0 Å². The van der Waals surface area contributed by atoms with Crippen LogP contribution in [0, 0.1) is 0 Å². The Kier molecular flexibility index (Phi) is 7.53. The number of nitrogens with one attached hydrogen (secondary N) is 3. The second-order valence-electron chi connectivity index (χ2n) is 5.47. The standard InChI is InChI=1S/C16H24N4O3S2/c1-11(17-4)15(21)19-20(5)13(3)18-16(24)12(2)25(22,23)14-9-7-6-8-10-14/h6-10,12-13,17H,1H2,2-5H3,(H,18,24)(H,19,21). The molecule has 0 aromatic heterocycles. The lowest BCUT2D eigenvalue weighted by Crippen LogP contribution is -2.54. The summed E-state index contributed by atoms with van der Waals surface area (Å²) in [5.41, 5.74) is 2.82. The summed E-state index contributed by atoms with van der Waals surface area (Å²) in [6.07, 6.45) is -0.422. The van der Waals surface area contributed by atoms with Crippen molar-refractivity contribution in [3.05, 3.63) is 42.6 Å². The quantitative estimate of drug-likeness (QED) is 0.264. The summed E-state index contributed by atoms with van der Waals surface area (Å²) in [5, 5.41) is 6.16. The Morgan fingerprint density at radius 2 is 1.80 bits per heavy atom.